The number of fused-ring (bicyclic) bond motifs is 1. The van der Waals surface area contributed by atoms with Crippen LogP contribution >= 0.6 is 0 Å². The molecule has 3 unspecified atom stereocenters. The fraction of sp³-hybridized carbons (Fsp3) is 0.769. The largest absolute Gasteiger partial charge is 0.491 e. The fourth-order valence-corrected chi connectivity index (χ4v) is 7.67. The molecule has 1 aromatic rings. The van der Waals surface area contributed by atoms with E-state index < -0.39 is 25.0 Å². The Bertz CT molecular complexity index is 791. The summed E-state index contributed by atoms with van der Waals surface area (Å²) in [5.41, 5.74) is 2.64. The number of benzene rings is 1. The normalized spacial score (nSPS) is 20.7. The van der Waals surface area contributed by atoms with Crippen molar-refractivity contribution in [2.24, 2.45) is 0 Å². The minimum Gasteiger partial charge on any atom is -0.491 e. The van der Waals surface area contributed by atoms with Crippen molar-refractivity contribution in [1.82, 2.24) is 5.32 Å². The molecular formula is C26H51NO4Si3. The van der Waals surface area contributed by atoms with E-state index in [0.29, 0.717) is 6.61 Å². The molecule has 1 aromatic carbocycles. The molecule has 0 amide bonds. The zero-order valence-corrected chi connectivity index (χ0v) is 26.9. The van der Waals surface area contributed by atoms with Gasteiger partial charge in [0, 0.05) is 30.5 Å². The lowest BCUT2D eigenvalue weighted by atomic mass is 9.87. The monoisotopic (exact) mass is 525 g/mol. The Hall–Kier alpha value is -0.489. The first-order chi connectivity index (χ1) is 15.3. The van der Waals surface area contributed by atoms with Crippen molar-refractivity contribution in [3.05, 3.63) is 29.3 Å². The van der Waals surface area contributed by atoms with Crippen LogP contribution in [0.3, 0.4) is 0 Å². The highest BCUT2D eigenvalue weighted by Gasteiger charge is 2.37. The minimum absolute atomic E-state index is 0.0161. The molecule has 0 saturated carbocycles. The molecule has 0 fully saturated rings. The van der Waals surface area contributed by atoms with E-state index in [1.807, 2.05) is 0 Å². The van der Waals surface area contributed by atoms with Gasteiger partial charge in [-0.05, 0) is 91.3 Å². The van der Waals surface area contributed by atoms with Crippen molar-refractivity contribution in [3.63, 3.8) is 0 Å². The predicted molar refractivity (Wildman–Crippen MR) is 152 cm³/mol. The zero-order chi connectivity index (χ0) is 25.9. The Balaban J connectivity index is 2.23. The van der Waals surface area contributed by atoms with Crippen LogP contribution < -0.4 is 10.1 Å². The summed E-state index contributed by atoms with van der Waals surface area (Å²) in [7, 11) is -5.11. The average molecular weight is 526 g/mol. The van der Waals surface area contributed by atoms with Gasteiger partial charge >= 0.3 is 0 Å². The minimum atomic E-state index is -1.72. The van der Waals surface area contributed by atoms with Gasteiger partial charge < -0.3 is 23.3 Å². The van der Waals surface area contributed by atoms with Crippen LogP contribution in [-0.2, 0) is 26.1 Å². The first kappa shape index (κ1) is 29.7. The molecule has 0 aromatic heterocycles. The summed E-state index contributed by atoms with van der Waals surface area (Å²) in [6.07, 6.45) is 1.92. The van der Waals surface area contributed by atoms with Crippen LogP contribution in [0.2, 0.25) is 58.9 Å². The molecule has 0 aliphatic heterocycles. The molecule has 0 radical (unpaired) electrons. The number of rotatable bonds is 11. The molecule has 2 rings (SSSR count). The van der Waals surface area contributed by atoms with E-state index in [1.54, 1.807) is 0 Å². The third-order valence-electron chi connectivity index (χ3n) is 5.29. The average Bonchev–Trinajstić information content (AvgIpc) is 2.60. The molecule has 0 spiro atoms. The van der Waals surface area contributed by atoms with E-state index in [4.69, 9.17) is 18.0 Å². The van der Waals surface area contributed by atoms with Gasteiger partial charge in [-0.25, -0.2) is 0 Å². The van der Waals surface area contributed by atoms with E-state index in [1.165, 1.54) is 11.1 Å². The smallest absolute Gasteiger partial charge is 0.184 e. The maximum Gasteiger partial charge on any atom is 0.184 e. The lowest BCUT2D eigenvalue weighted by Gasteiger charge is -2.40. The second kappa shape index (κ2) is 11.3. The summed E-state index contributed by atoms with van der Waals surface area (Å²) in [5.74, 6) is 0.966. The van der Waals surface area contributed by atoms with E-state index in [9.17, 15) is 0 Å². The van der Waals surface area contributed by atoms with Crippen molar-refractivity contribution in [2.45, 2.75) is 116 Å². The lowest BCUT2D eigenvalue weighted by Crippen LogP contribution is -2.48. The Morgan fingerprint density at radius 1 is 0.853 bits per heavy atom. The van der Waals surface area contributed by atoms with Crippen LogP contribution in [0.25, 0.3) is 0 Å². The van der Waals surface area contributed by atoms with Crippen LogP contribution in [0.15, 0.2) is 18.2 Å². The Labute approximate surface area is 212 Å². The highest BCUT2D eigenvalue weighted by Crippen LogP contribution is 2.34. The van der Waals surface area contributed by atoms with Gasteiger partial charge in [0.15, 0.2) is 25.0 Å². The molecule has 3 atom stereocenters. The van der Waals surface area contributed by atoms with Crippen molar-refractivity contribution in [1.29, 1.82) is 0 Å². The van der Waals surface area contributed by atoms with Crippen molar-refractivity contribution >= 4 is 25.0 Å². The maximum absolute atomic E-state index is 6.67. The molecule has 0 bridgehead atoms. The summed E-state index contributed by atoms with van der Waals surface area (Å²) < 4.78 is 26.2. The Morgan fingerprint density at radius 2 is 1.41 bits per heavy atom. The second-order valence-electron chi connectivity index (χ2n) is 13.6. The van der Waals surface area contributed by atoms with Crippen molar-refractivity contribution in [3.8, 4) is 5.75 Å². The quantitative estimate of drug-likeness (QED) is 0.348. The number of hydrogen-bond donors (Lipinski definition) is 1. The standard InChI is InChI=1S/C26H51NO4Si3/c1-26(2,3)27-18-21(29-32(4,5)6)19-28-23-15-13-14-20-16-24(30-33(7,8)9)25(17-22(20)23)31-34(10,11)12/h13-15,21,24-25,27H,16-19H2,1-12H3. The second-order valence-corrected chi connectivity index (χ2v) is 27.0. The predicted octanol–water partition coefficient (Wildman–Crippen LogP) is 6.21. The Morgan fingerprint density at radius 3 is 1.91 bits per heavy atom. The van der Waals surface area contributed by atoms with Crippen LogP contribution in [-0.4, -0.2) is 62.0 Å². The molecule has 196 valence electrons. The van der Waals surface area contributed by atoms with Crippen LogP contribution in [0.4, 0.5) is 0 Å². The van der Waals surface area contributed by atoms with E-state index in [0.717, 1.165) is 25.1 Å². The summed E-state index contributed by atoms with van der Waals surface area (Å²) in [5, 5.41) is 3.59. The van der Waals surface area contributed by atoms with Gasteiger partial charge in [0.05, 0.1) is 18.3 Å². The molecule has 1 aliphatic rings. The van der Waals surface area contributed by atoms with Gasteiger partial charge in [-0.2, -0.15) is 0 Å². The van der Waals surface area contributed by atoms with Gasteiger partial charge in [0.25, 0.3) is 0 Å². The molecule has 5 nitrogen and oxygen atoms in total. The van der Waals surface area contributed by atoms with E-state index in [-0.39, 0.29) is 23.9 Å². The first-order valence-corrected chi connectivity index (χ1v) is 23.1. The van der Waals surface area contributed by atoms with Crippen LogP contribution in [0, 0.1) is 0 Å². The first-order valence-electron chi connectivity index (χ1n) is 12.8. The third kappa shape index (κ3) is 11.1. The van der Waals surface area contributed by atoms with E-state index in [2.05, 4.69) is 103 Å². The summed E-state index contributed by atoms with van der Waals surface area (Å²) in [6, 6.07) is 6.44. The van der Waals surface area contributed by atoms with Crippen molar-refractivity contribution in [2.75, 3.05) is 13.2 Å². The molecule has 8 heteroatoms. The summed E-state index contributed by atoms with van der Waals surface area (Å²) in [6.45, 7) is 28.1. The van der Waals surface area contributed by atoms with Gasteiger partial charge in [0.1, 0.15) is 12.4 Å². The van der Waals surface area contributed by atoms with Gasteiger partial charge in [-0.15, -0.1) is 0 Å². The molecular weight excluding hydrogens is 475 g/mol. The van der Waals surface area contributed by atoms with E-state index >= 15 is 0 Å². The molecule has 34 heavy (non-hydrogen) atoms. The number of hydrogen-bond acceptors (Lipinski definition) is 5. The summed E-state index contributed by atoms with van der Waals surface area (Å²) >= 11 is 0. The summed E-state index contributed by atoms with van der Waals surface area (Å²) in [4.78, 5) is 0. The molecule has 0 heterocycles. The van der Waals surface area contributed by atoms with Gasteiger partial charge in [-0.1, -0.05) is 12.1 Å². The third-order valence-corrected chi connectivity index (χ3v) is 8.35. The maximum atomic E-state index is 6.67. The van der Waals surface area contributed by atoms with Gasteiger partial charge in [-0.3, -0.25) is 0 Å². The lowest BCUT2D eigenvalue weighted by molar-refractivity contribution is 0.0365. The molecule has 1 aliphatic carbocycles. The topological polar surface area (TPSA) is 49.0 Å². The number of nitrogens with one attached hydrogen (secondary N) is 1. The SMILES string of the molecule is CC(C)(C)NCC(COc1cccc2c1CC(O[Si](C)(C)C)C(O[Si](C)(C)C)C2)O[Si](C)(C)C. The number of ether oxygens (including phenoxy) is 1. The van der Waals surface area contributed by atoms with Crippen LogP contribution in [0.1, 0.15) is 31.9 Å². The van der Waals surface area contributed by atoms with Crippen LogP contribution in [0.5, 0.6) is 5.75 Å². The molecule has 1 N–H and O–H groups in total. The highest BCUT2D eigenvalue weighted by molar-refractivity contribution is 6.70. The zero-order valence-electron chi connectivity index (χ0n) is 23.9. The van der Waals surface area contributed by atoms with Gasteiger partial charge in [0.2, 0.25) is 0 Å². The fourth-order valence-electron chi connectivity index (χ4n) is 4.23. The Kier molecular flexibility index (Phi) is 9.86. The van der Waals surface area contributed by atoms with Crippen molar-refractivity contribution < 1.29 is 18.0 Å². The molecule has 0 saturated heterocycles. The highest BCUT2D eigenvalue weighted by atomic mass is 28.4.